The van der Waals surface area contributed by atoms with Gasteiger partial charge in [0, 0.05) is 0 Å². The molecule has 0 aliphatic heterocycles. The summed E-state index contributed by atoms with van der Waals surface area (Å²) in [5.41, 5.74) is 0.426. The predicted octanol–water partition coefficient (Wildman–Crippen LogP) is 2.65. The smallest absolute Gasteiger partial charge is 0.337 e. The fourth-order valence-corrected chi connectivity index (χ4v) is 3.03. The molecule has 3 aromatic heterocycles. The van der Waals surface area contributed by atoms with Gasteiger partial charge in [-0.15, -0.1) is 10.2 Å². The number of aromatic nitrogens is 4. The Hall–Kier alpha value is -3.40. The molecule has 4 aromatic rings. The maximum atomic E-state index is 12.2. The molecule has 0 radical (unpaired) electrons. The molecular formula is C17H12N4O5S. The Labute approximate surface area is 155 Å². The number of nitrogens with one attached hydrogen (secondary N) is 1. The molecule has 0 fully saturated rings. The molecule has 0 unspecified atom stereocenters. The van der Waals surface area contributed by atoms with Gasteiger partial charge in [-0.25, -0.2) is 9.78 Å². The summed E-state index contributed by atoms with van der Waals surface area (Å²) in [4.78, 5) is 31.0. The number of fused-ring (bicyclic) bond motifs is 1. The maximum Gasteiger partial charge on any atom is 0.337 e. The molecular weight excluding hydrogens is 372 g/mol. The van der Waals surface area contributed by atoms with Crippen molar-refractivity contribution in [3.8, 4) is 11.7 Å². The van der Waals surface area contributed by atoms with Gasteiger partial charge in [-0.1, -0.05) is 11.8 Å². The monoisotopic (exact) mass is 384 g/mol. The minimum absolute atomic E-state index is 0.269. The van der Waals surface area contributed by atoms with Crippen molar-refractivity contribution in [1.82, 2.24) is 20.2 Å². The van der Waals surface area contributed by atoms with Crippen LogP contribution in [0.15, 0.2) is 55.4 Å². The number of methoxy groups -OCH3 is 1. The number of carbonyl (C=O) groups excluding carboxylic acids is 1. The molecule has 10 heteroatoms. The largest absolute Gasteiger partial charge is 0.465 e. The number of ether oxygens (including phenoxy) is 1. The summed E-state index contributed by atoms with van der Waals surface area (Å²) in [7, 11) is 1.29. The van der Waals surface area contributed by atoms with Crippen molar-refractivity contribution in [2.75, 3.05) is 7.11 Å². The third kappa shape index (κ3) is 3.47. The minimum atomic E-state index is -0.494. The second kappa shape index (κ2) is 7.08. The van der Waals surface area contributed by atoms with E-state index >= 15 is 0 Å². The van der Waals surface area contributed by atoms with Gasteiger partial charge in [-0.05, 0) is 30.3 Å². The standard InChI is InChI=1S/C17H12N4O5S/c1-24-16(23)9-4-5-10-11(7-9)18-13(19-14(10)22)8-27-17-21-20-15(26-17)12-3-2-6-25-12/h2-7H,8H2,1H3,(H,18,19,22). The van der Waals surface area contributed by atoms with Crippen LogP contribution in [0.3, 0.4) is 0 Å². The number of carbonyl (C=O) groups is 1. The van der Waals surface area contributed by atoms with Crippen LogP contribution in [-0.4, -0.2) is 33.2 Å². The zero-order valence-corrected chi connectivity index (χ0v) is 14.8. The molecule has 0 saturated carbocycles. The van der Waals surface area contributed by atoms with Crippen LogP contribution in [0, 0.1) is 0 Å². The predicted molar refractivity (Wildman–Crippen MR) is 95.3 cm³/mol. The first-order valence-electron chi connectivity index (χ1n) is 7.75. The first-order chi connectivity index (χ1) is 13.1. The number of benzene rings is 1. The van der Waals surface area contributed by atoms with Crippen molar-refractivity contribution in [2.24, 2.45) is 0 Å². The van der Waals surface area contributed by atoms with E-state index in [1.165, 1.54) is 43.3 Å². The second-order valence-electron chi connectivity index (χ2n) is 5.38. The molecule has 0 atom stereocenters. The fourth-order valence-electron chi connectivity index (χ4n) is 2.40. The fraction of sp³-hybridized carbons (Fsp3) is 0.118. The Morgan fingerprint density at radius 2 is 2.19 bits per heavy atom. The molecule has 136 valence electrons. The Morgan fingerprint density at radius 1 is 1.30 bits per heavy atom. The number of H-pyrrole nitrogens is 1. The highest BCUT2D eigenvalue weighted by molar-refractivity contribution is 7.98. The second-order valence-corrected chi connectivity index (χ2v) is 6.30. The first kappa shape index (κ1) is 17.0. The highest BCUT2D eigenvalue weighted by Crippen LogP contribution is 2.25. The SMILES string of the molecule is COC(=O)c1ccc2c(=O)[nH]c(CSc3nnc(-c4ccco4)o3)nc2c1. The van der Waals surface area contributed by atoms with Crippen LogP contribution in [0.5, 0.6) is 0 Å². The van der Waals surface area contributed by atoms with E-state index in [4.69, 9.17) is 13.6 Å². The van der Waals surface area contributed by atoms with Crippen LogP contribution in [0.2, 0.25) is 0 Å². The van der Waals surface area contributed by atoms with Crippen LogP contribution in [0.1, 0.15) is 16.2 Å². The third-order valence-corrected chi connectivity index (χ3v) is 4.48. The van der Waals surface area contributed by atoms with Gasteiger partial charge in [0.1, 0.15) is 5.82 Å². The average molecular weight is 384 g/mol. The highest BCUT2D eigenvalue weighted by Gasteiger charge is 2.13. The normalized spacial score (nSPS) is 11.0. The molecule has 1 aromatic carbocycles. The van der Waals surface area contributed by atoms with Gasteiger partial charge in [-0.2, -0.15) is 0 Å². The Kier molecular flexibility index (Phi) is 4.47. The van der Waals surface area contributed by atoms with Crippen molar-refractivity contribution in [1.29, 1.82) is 0 Å². The Morgan fingerprint density at radius 3 is 2.96 bits per heavy atom. The molecule has 27 heavy (non-hydrogen) atoms. The molecule has 0 saturated heterocycles. The van der Waals surface area contributed by atoms with Gasteiger partial charge in [-0.3, -0.25) is 4.79 Å². The number of rotatable bonds is 5. The van der Waals surface area contributed by atoms with E-state index in [9.17, 15) is 9.59 Å². The molecule has 9 nitrogen and oxygen atoms in total. The van der Waals surface area contributed by atoms with Gasteiger partial charge in [0.05, 0.1) is 35.6 Å². The first-order valence-corrected chi connectivity index (χ1v) is 8.74. The summed E-state index contributed by atoms with van der Waals surface area (Å²) in [6.45, 7) is 0. The van der Waals surface area contributed by atoms with E-state index in [0.29, 0.717) is 39.0 Å². The van der Waals surface area contributed by atoms with Gasteiger partial charge in [0.15, 0.2) is 5.76 Å². The summed E-state index contributed by atoms with van der Waals surface area (Å²) < 4.78 is 15.4. The Balaban J connectivity index is 1.56. The summed E-state index contributed by atoms with van der Waals surface area (Å²) >= 11 is 1.22. The molecule has 0 aliphatic rings. The lowest BCUT2D eigenvalue weighted by atomic mass is 10.1. The number of aromatic amines is 1. The highest BCUT2D eigenvalue weighted by atomic mass is 32.2. The molecule has 3 heterocycles. The quantitative estimate of drug-likeness (QED) is 0.408. The van der Waals surface area contributed by atoms with Crippen LogP contribution in [0.4, 0.5) is 0 Å². The topological polar surface area (TPSA) is 124 Å². The van der Waals surface area contributed by atoms with Gasteiger partial charge >= 0.3 is 5.97 Å². The van der Waals surface area contributed by atoms with Crippen LogP contribution >= 0.6 is 11.8 Å². The molecule has 0 bridgehead atoms. The summed E-state index contributed by atoms with van der Waals surface area (Å²) in [6.07, 6.45) is 1.51. The number of furan rings is 1. The van der Waals surface area contributed by atoms with Crippen LogP contribution < -0.4 is 5.56 Å². The molecule has 4 rings (SSSR count). The van der Waals surface area contributed by atoms with Crippen LogP contribution in [0.25, 0.3) is 22.6 Å². The van der Waals surface area contributed by atoms with Crippen molar-refractivity contribution >= 4 is 28.6 Å². The zero-order chi connectivity index (χ0) is 18.8. The lowest BCUT2D eigenvalue weighted by Gasteiger charge is -2.03. The summed E-state index contributed by atoms with van der Waals surface area (Å²) in [5, 5.41) is 8.53. The number of nitrogens with zero attached hydrogens (tertiary/aromatic N) is 3. The lowest BCUT2D eigenvalue weighted by molar-refractivity contribution is 0.0601. The van der Waals surface area contributed by atoms with Gasteiger partial charge < -0.3 is 18.6 Å². The maximum absolute atomic E-state index is 12.2. The number of hydrogen-bond acceptors (Lipinski definition) is 9. The van der Waals surface area contributed by atoms with Crippen LogP contribution in [-0.2, 0) is 10.5 Å². The van der Waals surface area contributed by atoms with E-state index < -0.39 is 5.97 Å². The number of esters is 1. The zero-order valence-electron chi connectivity index (χ0n) is 14.0. The van der Waals surface area contributed by atoms with Crippen molar-refractivity contribution in [3.05, 3.63) is 58.3 Å². The number of hydrogen-bond donors (Lipinski definition) is 1. The van der Waals surface area contributed by atoms with E-state index in [2.05, 4.69) is 20.2 Å². The summed E-state index contributed by atoms with van der Waals surface area (Å²) in [5.74, 6) is 0.962. The van der Waals surface area contributed by atoms with E-state index in [0.717, 1.165) is 0 Å². The van der Waals surface area contributed by atoms with E-state index in [-0.39, 0.29) is 11.4 Å². The summed E-state index contributed by atoms with van der Waals surface area (Å²) in [6, 6.07) is 8.01. The number of thioether (sulfide) groups is 1. The average Bonchev–Trinajstić information content (AvgIpc) is 3.36. The molecule has 0 aliphatic carbocycles. The van der Waals surface area contributed by atoms with Crippen molar-refractivity contribution < 1.29 is 18.4 Å². The molecule has 0 spiro atoms. The van der Waals surface area contributed by atoms with Gasteiger partial charge in [0.2, 0.25) is 0 Å². The van der Waals surface area contributed by atoms with E-state index in [1.54, 1.807) is 12.1 Å². The molecule has 0 amide bonds. The lowest BCUT2D eigenvalue weighted by Crippen LogP contribution is -2.12. The molecule has 1 N–H and O–H groups in total. The Bertz CT molecular complexity index is 1170. The third-order valence-electron chi connectivity index (χ3n) is 3.65. The van der Waals surface area contributed by atoms with E-state index in [1.807, 2.05) is 0 Å². The van der Waals surface area contributed by atoms with Crippen molar-refractivity contribution in [3.63, 3.8) is 0 Å². The van der Waals surface area contributed by atoms with Gasteiger partial charge in [0.25, 0.3) is 16.7 Å². The van der Waals surface area contributed by atoms with Crippen molar-refractivity contribution in [2.45, 2.75) is 11.0 Å². The minimum Gasteiger partial charge on any atom is -0.465 e.